The zero-order valence-electron chi connectivity index (χ0n) is 8.75. The van der Waals surface area contributed by atoms with Crippen molar-refractivity contribution < 1.29 is 10.2 Å². The summed E-state index contributed by atoms with van der Waals surface area (Å²) < 4.78 is 0. The highest BCUT2D eigenvalue weighted by Gasteiger charge is 2.08. The molecule has 7 heteroatoms. The van der Waals surface area contributed by atoms with Crippen molar-refractivity contribution in [2.45, 2.75) is 13.5 Å². The Hall–Kier alpha value is -2.15. The molecule has 0 atom stereocenters. The number of pyridine rings is 1. The van der Waals surface area contributed by atoms with Crippen LogP contribution in [-0.2, 0) is 6.61 Å². The monoisotopic (exact) mass is 223 g/mol. The van der Waals surface area contributed by atoms with E-state index in [2.05, 4.69) is 15.2 Å². The van der Waals surface area contributed by atoms with Gasteiger partial charge in [-0.1, -0.05) is 0 Å². The fourth-order valence-electron chi connectivity index (χ4n) is 1.08. The van der Waals surface area contributed by atoms with Crippen LogP contribution in [0.2, 0.25) is 0 Å². The summed E-state index contributed by atoms with van der Waals surface area (Å²) in [6, 6.07) is 0. The van der Waals surface area contributed by atoms with Gasteiger partial charge in [0.25, 0.3) is 0 Å². The van der Waals surface area contributed by atoms with Gasteiger partial charge < -0.3 is 21.7 Å². The minimum absolute atomic E-state index is 0.0545. The van der Waals surface area contributed by atoms with Crippen LogP contribution in [0.25, 0.3) is 0 Å². The molecule has 16 heavy (non-hydrogen) atoms. The highest BCUT2D eigenvalue weighted by molar-refractivity contribution is 5.86. The predicted molar refractivity (Wildman–Crippen MR) is 60.0 cm³/mol. The molecule has 0 aliphatic heterocycles. The van der Waals surface area contributed by atoms with Crippen LogP contribution in [0.4, 0.5) is 0 Å². The number of aromatic hydroxyl groups is 1. The van der Waals surface area contributed by atoms with Gasteiger partial charge in [0.05, 0.1) is 18.5 Å². The van der Waals surface area contributed by atoms with E-state index in [1.54, 1.807) is 6.92 Å². The van der Waals surface area contributed by atoms with Gasteiger partial charge in [0.2, 0.25) is 5.96 Å². The average molecular weight is 223 g/mol. The molecule has 0 radical (unpaired) electrons. The Morgan fingerprint density at radius 1 is 1.56 bits per heavy atom. The van der Waals surface area contributed by atoms with Crippen molar-refractivity contribution in [2.75, 3.05) is 0 Å². The quantitative estimate of drug-likeness (QED) is 0.302. The fourth-order valence-corrected chi connectivity index (χ4v) is 1.08. The number of guanidine groups is 1. The van der Waals surface area contributed by atoms with E-state index in [0.29, 0.717) is 16.8 Å². The lowest BCUT2D eigenvalue weighted by molar-refractivity contribution is 0.280. The molecule has 0 aromatic carbocycles. The predicted octanol–water partition coefficient (Wildman–Crippen LogP) is -0.805. The summed E-state index contributed by atoms with van der Waals surface area (Å²) in [5.74, 6) is -0.242. The number of aryl methyl sites for hydroxylation is 1. The molecule has 0 fully saturated rings. The van der Waals surface area contributed by atoms with E-state index in [0.717, 1.165) is 0 Å². The zero-order chi connectivity index (χ0) is 12.1. The van der Waals surface area contributed by atoms with Crippen molar-refractivity contribution >= 4 is 12.2 Å². The Bertz CT molecular complexity index is 438. The molecule has 0 aliphatic carbocycles. The standard InChI is InChI=1S/C9H13N5O2/c1-5-8(16)7(3-13-14-9(10)11)6(4-15)2-12-5/h2-3,15-16H,4H2,1H3,(H4,10,11,14). The van der Waals surface area contributed by atoms with Crippen molar-refractivity contribution in [1.29, 1.82) is 0 Å². The third-order valence-electron chi connectivity index (χ3n) is 1.89. The van der Waals surface area contributed by atoms with E-state index in [1.165, 1.54) is 12.4 Å². The number of nitrogens with two attached hydrogens (primary N) is 2. The van der Waals surface area contributed by atoms with Crippen molar-refractivity contribution in [3.63, 3.8) is 0 Å². The second-order valence-corrected chi connectivity index (χ2v) is 3.06. The molecule has 1 aromatic heterocycles. The topological polar surface area (TPSA) is 130 Å². The van der Waals surface area contributed by atoms with Crippen molar-refractivity contribution in [3.8, 4) is 5.75 Å². The molecular formula is C9H13N5O2. The van der Waals surface area contributed by atoms with Crippen LogP contribution in [0, 0.1) is 6.92 Å². The molecule has 0 unspecified atom stereocenters. The van der Waals surface area contributed by atoms with E-state index >= 15 is 0 Å². The summed E-state index contributed by atoms with van der Waals surface area (Å²) >= 11 is 0. The molecule has 0 aliphatic rings. The normalized spacial score (nSPS) is 10.6. The number of aliphatic hydroxyl groups is 1. The number of hydrogen-bond donors (Lipinski definition) is 4. The van der Waals surface area contributed by atoms with E-state index in [9.17, 15) is 5.11 Å². The maximum absolute atomic E-state index is 9.70. The van der Waals surface area contributed by atoms with Gasteiger partial charge in [-0.25, -0.2) is 0 Å². The van der Waals surface area contributed by atoms with Crippen LogP contribution in [0.3, 0.4) is 0 Å². The minimum atomic E-state index is -0.260. The largest absolute Gasteiger partial charge is 0.505 e. The summed E-state index contributed by atoms with van der Waals surface area (Å²) in [7, 11) is 0. The number of aromatic nitrogens is 1. The van der Waals surface area contributed by atoms with Gasteiger partial charge in [-0.3, -0.25) is 4.98 Å². The number of aliphatic hydroxyl groups excluding tert-OH is 1. The summed E-state index contributed by atoms with van der Waals surface area (Å²) in [5.41, 5.74) is 11.4. The van der Waals surface area contributed by atoms with Gasteiger partial charge in [0, 0.05) is 17.3 Å². The van der Waals surface area contributed by atoms with E-state index in [-0.39, 0.29) is 18.3 Å². The molecule has 86 valence electrons. The van der Waals surface area contributed by atoms with Gasteiger partial charge in [0.15, 0.2) is 0 Å². The zero-order valence-corrected chi connectivity index (χ0v) is 8.75. The lowest BCUT2D eigenvalue weighted by atomic mass is 10.1. The molecule has 0 saturated heterocycles. The Morgan fingerprint density at radius 2 is 2.25 bits per heavy atom. The van der Waals surface area contributed by atoms with Gasteiger partial charge >= 0.3 is 0 Å². The summed E-state index contributed by atoms with van der Waals surface area (Å²) in [6.45, 7) is 1.37. The second kappa shape index (κ2) is 5.08. The van der Waals surface area contributed by atoms with Crippen molar-refractivity contribution in [1.82, 2.24) is 4.98 Å². The third kappa shape index (κ3) is 2.67. The molecule has 1 aromatic rings. The molecule has 6 N–H and O–H groups in total. The highest BCUT2D eigenvalue weighted by atomic mass is 16.3. The van der Waals surface area contributed by atoms with Gasteiger partial charge in [-0.2, -0.15) is 5.10 Å². The fraction of sp³-hybridized carbons (Fsp3) is 0.222. The van der Waals surface area contributed by atoms with Crippen LogP contribution >= 0.6 is 0 Å². The Balaban J connectivity index is 3.15. The lowest BCUT2D eigenvalue weighted by Gasteiger charge is -2.06. The Labute approximate surface area is 92.1 Å². The van der Waals surface area contributed by atoms with Gasteiger partial charge in [-0.05, 0) is 6.92 Å². The second-order valence-electron chi connectivity index (χ2n) is 3.06. The first-order chi connectivity index (χ1) is 7.56. The van der Waals surface area contributed by atoms with E-state index in [1.807, 2.05) is 0 Å². The Kier molecular flexibility index (Phi) is 3.78. The summed E-state index contributed by atoms with van der Waals surface area (Å²) in [6.07, 6.45) is 2.71. The third-order valence-corrected chi connectivity index (χ3v) is 1.89. The van der Waals surface area contributed by atoms with E-state index < -0.39 is 0 Å². The molecule has 0 amide bonds. The summed E-state index contributed by atoms with van der Waals surface area (Å²) in [4.78, 5) is 3.90. The number of hydrogen-bond acceptors (Lipinski definition) is 5. The molecule has 0 spiro atoms. The van der Waals surface area contributed by atoms with Crippen LogP contribution in [0.5, 0.6) is 5.75 Å². The van der Waals surface area contributed by atoms with Gasteiger partial charge in [0.1, 0.15) is 5.75 Å². The average Bonchev–Trinajstić information content (AvgIpc) is 2.24. The maximum Gasteiger partial charge on any atom is 0.211 e. The Morgan fingerprint density at radius 3 is 2.81 bits per heavy atom. The number of nitrogens with zero attached hydrogens (tertiary/aromatic N) is 3. The van der Waals surface area contributed by atoms with Crippen LogP contribution < -0.4 is 11.5 Å². The van der Waals surface area contributed by atoms with Crippen LogP contribution in [0.1, 0.15) is 16.8 Å². The molecular weight excluding hydrogens is 210 g/mol. The van der Waals surface area contributed by atoms with E-state index in [4.69, 9.17) is 16.6 Å². The first-order valence-electron chi connectivity index (χ1n) is 4.46. The highest BCUT2D eigenvalue weighted by Crippen LogP contribution is 2.21. The molecule has 0 bridgehead atoms. The smallest absolute Gasteiger partial charge is 0.211 e. The minimum Gasteiger partial charge on any atom is -0.505 e. The molecule has 1 heterocycles. The van der Waals surface area contributed by atoms with Gasteiger partial charge in [-0.15, -0.1) is 5.10 Å². The van der Waals surface area contributed by atoms with Crippen molar-refractivity contribution in [3.05, 3.63) is 23.0 Å². The van der Waals surface area contributed by atoms with Crippen LogP contribution in [-0.4, -0.2) is 27.4 Å². The molecule has 1 rings (SSSR count). The van der Waals surface area contributed by atoms with Crippen molar-refractivity contribution in [2.24, 2.45) is 21.7 Å². The first kappa shape index (κ1) is 11.9. The molecule has 0 saturated carbocycles. The lowest BCUT2D eigenvalue weighted by Crippen LogP contribution is -2.21. The van der Waals surface area contributed by atoms with Crippen LogP contribution in [0.15, 0.2) is 16.4 Å². The molecule has 7 nitrogen and oxygen atoms in total. The first-order valence-corrected chi connectivity index (χ1v) is 4.46. The number of rotatable bonds is 3. The summed E-state index contributed by atoms with van der Waals surface area (Å²) in [5, 5.41) is 25.7. The SMILES string of the molecule is Cc1ncc(CO)c(C=NN=C(N)N)c1O. The maximum atomic E-state index is 9.70.